The van der Waals surface area contributed by atoms with Crippen molar-refractivity contribution in [2.24, 2.45) is 0 Å². The molecule has 0 unspecified atom stereocenters. The quantitative estimate of drug-likeness (QED) is 0.482. The Hall–Kier alpha value is -0.600. The molecule has 0 bridgehead atoms. The molecule has 0 aliphatic carbocycles. The average Bonchev–Trinajstić information content (AvgIpc) is 2.58. The Morgan fingerprint density at radius 1 is 0.588 bits per heavy atom. The summed E-state index contributed by atoms with van der Waals surface area (Å²) in [6, 6.07) is 6.88. The molecule has 0 saturated heterocycles. The van der Waals surface area contributed by atoms with E-state index in [4.69, 9.17) is 50.8 Å². The van der Waals surface area contributed by atoms with Gasteiger partial charge in [0.1, 0.15) is 11.2 Å². The molecule has 3 aromatic rings. The third kappa shape index (κ3) is 1.78. The minimum Gasteiger partial charge on any atom is -0.456 e. The van der Waals surface area contributed by atoms with Crippen molar-refractivity contribution in [3.63, 3.8) is 0 Å². The molecule has 1 heterocycles. The molecule has 0 radical (unpaired) electrons. The van der Waals surface area contributed by atoms with Crippen LogP contribution < -0.4 is 0 Å². The monoisotopic (exact) mass is 304 g/mol. The van der Waals surface area contributed by atoms with E-state index in [1.54, 1.807) is 24.3 Å². The van der Waals surface area contributed by atoms with Crippen LogP contribution in [0.3, 0.4) is 0 Å². The van der Waals surface area contributed by atoms with Gasteiger partial charge in [0, 0.05) is 22.9 Å². The Morgan fingerprint density at radius 3 is 1.35 bits per heavy atom. The van der Waals surface area contributed by atoms with Crippen LogP contribution in [0.15, 0.2) is 28.7 Å². The predicted molar refractivity (Wildman–Crippen MR) is 73.8 cm³/mol. The molecule has 0 saturated carbocycles. The van der Waals surface area contributed by atoms with Gasteiger partial charge in [-0.2, -0.15) is 0 Å². The fourth-order valence-corrected chi connectivity index (χ4v) is 2.40. The van der Waals surface area contributed by atoms with Gasteiger partial charge in [0.15, 0.2) is 0 Å². The highest BCUT2D eigenvalue weighted by atomic mass is 35.5. The molecule has 0 spiro atoms. The summed E-state index contributed by atoms with van der Waals surface area (Å²) in [4.78, 5) is 0. The van der Waals surface area contributed by atoms with Crippen molar-refractivity contribution in [2.75, 3.05) is 0 Å². The van der Waals surface area contributed by atoms with Crippen LogP contribution in [-0.2, 0) is 0 Å². The lowest BCUT2D eigenvalue weighted by Crippen LogP contribution is -1.71. The van der Waals surface area contributed by atoms with Gasteiger partial charge in [0.05, 0.1) is 20.1 Å². The molecule has 0 N–H and O–H groups in total. The largest absolute Gasteiger partial charge is 0.456 e. The van der Waals surface area contributed by atoms with Gasteiger partial charge >= 0.3 is 0 Å². The van der Waals surface area contributed by atoms with Crippen LogP contribution in [0.2, 0.25) is 20.1 Å². The summed E-state index contributed by atoms with van der Waals surface area (Å²) >= 11 is 23.8. The normalized spacial score (nSPS) is 11.5. The standard InChI is InChI=1S/C12H4Cl4O/c13-7-1-5-6-2-8(14)10(16)4-12(6)17-11(5)3-9(7)15/h1-4H. The molecule has 5 heteroatoms. The Kier molecular flexibility index (Phi) is 2.68. The summed E-state index contributed by atoms with van der Waals surface area (Å²) in [5.41, 5.74) is 1.32. The van der Waals surface area contributed by atoms with Crippen molar-refractivity contribution in [1.29, 1.82) is 0 Å². The number of hydrogen-bond acceptors (Lipinski definition) is 1. The van der Waals surface area contributed by atoms with E-state index in [-0.39, 0.29) is 0 Å². The molecule has 3 rings (SSSR count). The van der Waals surface area contributed by atoms with Crippen LogP contribution in [-0.4, -0.2) is 0 Å². The summed E-state index contributed by atoms with van der Waals surface area (Å²) < 4.78 is 5.64. The molecule has 86 valence electrons. The van der Waals surface area contributed by atoms with Crippen molar-refractivity contribution in [3.8, 4) is 0 Å². The summed E-state index contributed by atoms with van der Waals surface area (Å²) in [6.07, 6.45) is 0. The van der Waals surface area contributed by atoms with E-state index in [1.165, 1.54) is 0 Å². The van der Waals surface area contributed by atoms with Crippen LogP contribution in [0, 0.1) is 0 Å². The number of furan rings is 1. The fraction of sp³-hybridized carbons (Fsp3) is 0. The summed E-state index contributed by atoms with van der Waals surface area (Å²) in [5, 5.41) is 3.60. The highest BCUT2D eigenvalue weighted by Gasteiger charge is 2.12. The number of benzene rings is 2. The highest BCUT2D eigenvalue weighted by molar-refractivity contribution is 6.44. The van der Waals surface area contributed by atoms with Gasteiger partial charge in [-0.25, -0.2) is 0 Å². The first-order chi connectivity index (χ1) is 8.06. The third-order valence-electron chi connectivity index (χ3n) is 2.56. The second-order valence-electron chi connectivity index (χ2n) is 3.63. The van der Waals surface area contributed by atoms with Gasteiger partial charge in [0.2, 0.25) is 0 Å². The number of hydrogen-bond donors (Lipinski definition) is 0. The lowest BCUT2D eigenvalue weighted by atomic mass is 10.1. The number of halogens is 4. The van der Waals surface area contributed by atoms with Gasteiger partial charge in [-0.05, 0) is 12.1 Å². The molecule has 1 nitrogen and oxygen atoms in total. The lowest BCUT2D eigenvalue weighted by Gasteiger charge is -1.95. The molecule has 1 aromatic heterocycles. The molecule has 0 amide bonds. The summed E-state index contributed by atoms with van der Waals surface area (Å²) in [6.45, 7) is 0. The van der Waals surface area contributed by atoms with Gasteiger partial charge in [-0.15, -0.1) is 0 Å². The highest BCUT2D eigenvalue weighted by Crippen LogP contribution is 2.37. The SMILES string of the molecule is Clc1cc2oc3cc(Cl)c(Cl)cc3c2cc1Cl. The fourth-order valence-electron chi connectivity index (χ4n) is 1.77. The van der Waals surface area contributed by atoms with Crippen LogP contribution in [0.5, 0.6) is 0 Å². The molecule has 2 aromatic carbocycles. The smallest absolute Gasteiger partial charge is 0.137 e. The van der Waals surface area contributed by atoms with Crippen LogP contribution in [0.1, 0.15) is 0 Å². The second-order valence-corrected chi connectivity index (χ2v) is 5.26. The Balaban J connectivity index is 2.51. The van der Waals surface area contributed by atoms with E-state index in [2.05, 4.69) is 0 Å². The van der Waals surface area contributed by atoms with E-state index < -0.39 is 0 Å². The van der Waals surface area contributed by atoms with Gasteiger partial charge in [-0.1, -0.05) is 46.4 Å². The van der Waals surface area contributed by atoms with Crippen LogP contribution in [0.25, 0.3) is 21.9 Å². The topological polar surface area (TPSA) is 13.1 Å². The Morgan fingerprint density at radius 2 is 0.941 bits per heavy atom. The lowest BCUT2D eigenvalue weighted by molar-refractivity contribution is 0.669. The first-order valence-corrected chi connectivity index (χ1v) is 6.24. The minimum absolute atomic E-state index is 0.454. The molecular formula is C12H4Cl4O. The van der Waals surface area contributed by atoms with Crippen molar-refractivity contribution >= 4 is 68.3 Å². The van der Waals surface area contributed by atoms with Gasteiger partial charge in [0.25, 0.3) is 0 Å². The number of fused-ring (bicyclic) bond motifs is 3. The average molecular weight is 306 g/mol. The Bertz CT molecular complexity index is 683. The van der Waals surface area contributed by atoms with Crippen molar-refractivity contribution in [1.82, 2.24) is 0 Å². The van der Waals surface area contributed by atoms with E-state index in [0.717, 1.165) is 10.8 Å². The zero-order chi connectivity index (χ0) is 12.2. The van der Waals surface area contributed by atoms with E-state index in [9.17, 15) is 0 Å². The van der Waals surface area contributed by atoms with Crippen molar-refractivity contribution < 1.29 is 4.42 Å². The molecule has 0 aliphatic heterocycles. The summed E-state index contributed by atoms with van der Waals surface area (Å²) in [5.74, 6) is 0. The van der Waals surface area contributed by atoms with E-state index in [0.29, 0.717) is 31.3 Å². The maximum Gasteiger partial charge on any atom is 0.137 e. The van der Waals surface area contributed by atoms with Crippen LogP contribution in [0.4, 0.5) is 0 Å². The molecule has 0 aliphatic rings. The Labute approximate surface area is 117 Å². The maximum absolute atomic E-state index is 5.98. The molecular weight excluding hydrogens is 302 g/mol. The summed E-state index contributed by atoms with van der Waals surface area (Å²) in [7, 11) is 0. The van der Waals surface area contributed by atoms with E-state index in [1.807, 2.05) is 0 Å². The van der Waals surface area contributed by atoms with Gasteiger partial charge < -0.3 is 4.42 Å². The second kappa shape index (κ2) is 3.96. The molecule has 17 heavy (non-hydrogen) atoms. The zero-order valence-corrected chi connectivity index (χ0v) is 11.3. The van der Waals surface area contributed by atoms with Crippen molar-refractivity contribution in [2.45, 2.75) is 0 Å². The van der Waals surface area contributed by atoms with Gasteiger partial charge in [-0.3, -0.25) is 0 Å². The molecule has 0 fully saturated rings. The zero-order valence-electron chi connectivity index (χ0n) is 8.23. The third-order valence-corrected chi connectivity index (χ3v) is 4.00. The van der Waals surface area contributed by atoms with Crippen LogP contribution >= 0.6 is 46.4 Å². The molecule has 0 atom stereocenters. The first-order valence-electron chi connectivity index (χ1n) is 4.72. The number of rotatable bonds is 0. The maximum atomic E-state index is 5.98. The first kappa shape index (κ1) is 11.5. The van der Waals surface area contributed by atoms with E-state index >= 15 is 0 Å². The van der Waals surface area contributed by atoms with Crippen molar-refractivity contribution in [3.05, 3.63) is 44.4 Å². The predicted octanol–water partition coefficient (Wildman–Crippen LogP) is 6.20. The minimum atomic E-state index is 0.454.